The molecule has 0 spiro atoms. The maximum Gasteiger partial charge on any atom is 0.243 e. The largest absolute Gasteiger partial charge is 0.378 e. The van der Waals surface area contributed by atoms with Gasteiger partial charge in [-0.3, -0.25) is 9.10 Å². The zero-order valence-corrected chi connectivity index (χ0v) is 19.4. The summed E-state index contributed by atoms with van der Waals surface area (Å²) in [5, 5.41) is 2.88. The highest BCUT2D eigenvalue weighted by molar-refractivity contribution is 7.92. The molecule has 0 saturated carbocycles. The topological polar surface area (TPSA) is 79.0 Å². The fraction of sp³-hybridized carbons (Fsp3) is 0.435. The predicted molar refractivity (Wildman–Crippen MR) is 124 cm³/mol. The van der Waals surface area contributed by atoms with Crippen LogP contribution >= 0.6 is 0 Å². The van der Waals surface area contributed by atoms with Gasteiger partial charge >= 0.3 is 0 Å². The van der Waals surface area contributed by atoms with Crippen LogP contribution in [-0.2, 0) is 26.1 Å². The molecule has 1 amide bonds. The van der Waals surface area contributed by atoms with Gasteiger partial charge in [0.25, 0.3) is 0 Å². The Labute approximate surface area is 185 Å². The van der Waals surface area contributed by atoms with E-state index in [9.17, 15) is 13.2 Å². The predicted octanol–water partition coefficient (Wildman–Crippen LogP) is 2.61. The highest BCUT2D eigenvalue weighted by Crippen LogP contribution is 2.26. The van der Waals surface area contributed by atoms with E-state index in [1.54, 1.807) is 13.0 Å². The molecule has 1 saturated heterocycles. The summed E-state index contributed by atoms with van der Waals surface area (Å²) in [6.07, 6.45) is 1.13. The standard InChI is InChI=1S/C23H31N3O4S/c1-17-5-6-18(2)22(15-17)26(31(4,28)29)19(3)23(27)24-16-20-7-9-21(10-8-20)25-11-13-30-14-12-25/h5-10,15,19H,11-14,16H2,1-4H3,(H,24,27)/t19-/m1/s1. The number of nitrogens with one attached hydrogen (secondary N) is 1. The molecule has 2 aromatic carbocycles. The summed E-state index contributed by atoms with van der Waals surface area (Å²) >= 11 is 0. The van der Waals surface area contributed by atoms with Crippen molar-refractivity contribution in [3.63, 3.8) is 0 Å². The van der Waals surface area contributed by atoms with Crippen molar-refractivity contribution in [2.45, 2.75) is 33.4 Å². The maximum absolute atomic E-state index is 12.8. The smallest absolute Gasteiger partial charge is 0.243 e. The second-order valence-electron chi connectivity index (χ2n) is 8.01. The second kappa shape index (κ2) is 9.70. The number of carbonyl (C=O) groups is 1. The Bertz CT molecular complexity index is 1020. The van der Waals surface area contributed by atoms with Gasteiger partial charge in [0.1, 0.15) is 6.04 Å². The Balaban J connectivity index is 1.69. The second-order valence-corrected chi connectivity index (χ2v) is 9.87. The molecule has 0 aromatic heterocycles. The minimum Gasteiger partial charge on any atom is -0.378 e. The Morgan fingerprint density at radius 1 is 1.13 bits per heavy atom. The third-order valence-electron chi connectivity index (χ3n) is 5.47. The van der Waals surface area contributed by atoms with Gasteiger partial charge in [0.05, 0.1) is 25.2 Å². The first kappa shape index (κ1) is 23.1. The SMILES string of the molecule is Cc1ccc(C)c(N([C@H](C)C(=O)NCc2ccc(N3CCOCC3)cc2)S(C)(=O)=O)c1. The number of anilines is 2. The van der Waals surface area contributed by atoms with Crippen molar-refractivity contribution < 1.29 is 17.9 Å². The minimum atomic E-state index is -3.65. The fourth-order valence-electron chi connectivity index (χ4n) is 3.72. The highest BCUT2D eigenvalue weighted by Gasteiger charge is 2.30. The lowest BCUT2D eigenvalue weighted by atomic mass is 10.1. The summed E-state index contributed by atoms with van der Waals surface area (Å²) in [7, 11) is -3.65. The number of benzene rings is 2. The molecule has 1 aliphatic rings. The van der Waals surface area contributed by atoms with Gasteiger partial charge in [-0.15, -0.1) is 0 Å². The molecule has 1 atom stereocenters. The van der Waals surface area contributed by atoms with Crippen LogP contribution in [0.3, 0.4) is 0 Å². The van der Waals surface area contributed by atoms with E-state index in [1.807, 2.05) is 50.2 Å². The molecule has 1 N–H and O–H groups in total. The number of amides is 1. The van der Waals surface area contributed by atoms with Crippen LogP contribution < -0.4 is 14.5 Å². The van der Waals surface area contributed by atoms with E-state index in [4.69, 9.17) is 4.74 Å². The number of carbonyl (C=O) groups excluding carboxylic acids is 1. The molecule has 8 heteroatoms. The summed E-state index contributed by atoms with van der Waals surface area (Å²) in [6, 6.07) is 12.7. The van der Waals surface area contributed by atoms with Crippen molar-refractivity contribution >= 4 is 27.3 Å². The van der Waals surface area contributed by atoms with Crippen molar-refractivity contribution in [1.29, 1.82) is 0 Å². The van der Waals surface area contributed by atoms with Crippen molar-refractivity contribution in [3.05, 3.63) is 59.2 Å². The van der Waals surface area contributed by atoms with Gasteiger partial charge in [0, 0.05) is 25.3 Å². The van der Waals surface area contributed by atoms with Gasteiger partial charge in [-0.2, -0.15) is 0 Å². The maximum atomic E-state index is 12.8. The molecule has 2 aromatic rings. The van der Waals surface area contributed by atoms with Crippen molar-refractivity contribution in [1.82, 2.24) is 5.32 Å². The van der Waals surface area contributed by atoms with E-state index in [0.29, 0.717) is 12.2 Å². The van der Waals surface area contributed by atoms with Gasteiger partial charge in [0.2, 0.25) is 15.9 Å². The van der Waals surface area contributed by atoms with Gasteiger partial charge < -0.3 is 15.0 Å². The average molecular weight is 446 g/mol. The van der Waals surface area contributed by atoms with Crippen LogP contribution in [-0.4, -0.2) is 52.9 Å². The first-order chi connectivity index (χ1) is 14.7. The third-order valence-corrected chi connectivity index (χ3v) is 6.70. The van der Waals surface area contributed by atoms with Crippen LogP contribution in [0, 0.1) is 13.8 Å². The van der Waals surface area contributed by atoms with Crippen LogP contribution in [0.5, 0.6) is 0 Å². The molecule has 0 aliphatic carbocycles. The zero-order chi connectivity index (χ0) is 22.6. The first-order valence-corrected chi connectivity index (χ1v) is 12.3. The lowest BCUT2D eigenvalue weighted by Gasteiger charge is -2.30. The molecule has 1 heterocycles. The van der Waals surface area contributed by atoms with E-state index in [-0.39, 0.29) is 5.91 Å². The minimum absolute atomic E-state index is 0.330. The average Bonchev–Trinajstić information content (AvgIpc) is 2.74. The lowest BCUT2D eigenvalue weighted by Crippen LogP contribution is -2.48. The molecule has 7 nitrogen and oxygen atoms in total. The van der Waals surface area contributed by atoms with Crippen LogP contribution in [0.25, 0.3) is 0 Å². The summed E-state index contributed by atoms with van der Waals surface area (Å²) in [5.74, 6) is -0.344. The number of nitrogens with zero attached hydrogens (tertiary/aromatic N) is 2. The monoisotopic (exact) mass is 445 g/mol. The van der Waals surface area contributed by atoms with Crippen molar-refractivity contribution in [3.8, 4) is 0 Å². The molecule has 0 unspecified atom stereocenters. The Morgan fingerprint density at radius 3 is 2.39 bits per heavy atom. The Morgan fingerprint density at radius 2 is 1.77 bits per heavy atom. The quantitative estimate of drug-likeness (QED) is 0.709. The van der Waals surface area contributed by atoms with E-state index in [2.05, 4.69) is 10.2 Å². The molecular formula is C23H31N3O4S. The van der Waals surface area contributed by atoms with Crippen molar-refractivity contribution in [2.24, 2.45) is 0 Å². The van der Waals surface area contributed by atoms with Crippen LogP contribution in [0.1, 0.15) is 23.6 Å². The number of sulfonamides is 1. The van der Waals surface area contributed by atoms with Gasteiger partial charge in [-0.25, -0.2) is 8.42 Å². The number of ether oxygens (including phenoxy) is 1. The molecule has 1 aliphatic heterocycles. The number of hydrogen-bond donors (Lipinski definition) is 1. The summed E-state index contributed by atoms with van der Waals surface area (Å²) in [4.78, 5) is 15.1. The van der Waals surface area contributed by atoms with Gasteiger partial charge in [-0.1, -0.05) is 24.3 Å². The molecule has 168 valence electrons. The summed E-state index contributed by atoms with van der Waals surface area (Å²) < 4.78 is 31.7. The van der Waals surface area contributed by atoms with E-state index >= 15 is 0 Å². The van der Waals surface area contributed by atoms with Gasteiger partial charge in [0.15, 0.2) is 0 Å². The van der Waals surface area contributed by atoms with Crippen molar-refractivity contribution in [2.75, 3.05) is 41.8 Å². The molecule has 0 bridgehead atoms. The highest BCUT2D eigenvalue weighted by atomic mass is 32.2. The first-order valence-electron chi connectivity index (χ1n) is 10.4. The van der Waals surface area contributed by atoms with Crippen LogP contribution in [0.4, 0.5) is 11.4 Å². The fourth-order valence-corrected chi connectivity index (χ4v) is 4.95. The van der Waals surface area contributed by atoms with Crippen LogP contribution in [0.2, 0.25) is 0 Å². The lowest BCUT2D eigenvalue weighted by molar-refractivity contribution is -0.122. The normalized spacial score (nSPS) is 15.4. The Kier molecular flexibility index (Phi) is 7.23. The summed E-state index contributed by atoms with van der Waals surface area (Å²) in [5.41, 5.74) is 4.34. The molecular weight excluding hydrogens is 414 g/mol. The summed E-state index contributed by atoms with van der Waals surface area (Å²) in [6.45, 7) is 8.87. The van der Waals surface area contributed by atoms with E-state index in [0.717, 1.165) is 54.9 Å². The van der Waals surface area contributed by atoms with E-state index in [1.165, 1.54) is 4.31 Å². The van der Waals surface area contributed by atoms with E-state index < -0.39 is 16.1 Å². The molecule has 1 fully saturated rings. The molecule has 31 heavy (non-hydrogen) atoms. The van der Waals surface area contributed by atoms with Gasteiger partial charge in [-0.05, 0) is 55.7 Å². The number of rotatable bonds is 7. The molecule has 3 rings (SSSR count). The Hall–Kier alpha value is -2.58. The number of morpholine rings is 1. The van der Waals surface area contributed by atoms with Crippen LogP contribution in [0.15, 0.2) is 42.5 Å². The number of hydrogen-bond acceptors (Lipinski definition) is 5. The number of aryl methyl sites for hydroxylation is 2. The molecule has 0 radical (unpaired) electrons. The third kappa shape index (κ3) is 5.77. The zero-order valence-electron chi connectivity index (χ0n) is 18.6.